The first kappa shape index (κ1) is 15.9. The molecule has 0 aliphatic carbocycles. The lowest BCUT2D eigenvalue weighted by Crippen LogP contribution is -2.48. The Morgan fingerprint density at radius 2 is 2.00 bits per heavy atom. The molecule has 1 saturated heterocycles. The largest absolute Gasteiger partial charge is 0.364 e. The first-order valence-electron chi connectivity index (χ1n) is 6.64. The number of hydrogen-bond donors (Lipinski definition) is 2. The van der Waals surface area contributed by atoms with Gasteiger partial charge in [-0.15, -0.1) is 0 Å². The van der Waals surface area contributed by atoms with Crippen molar-refractivity contribution in [3.8, 4) is 0 Å². The fourth-order valence-corrected chi connectivity index (χ4v) is 2.06. The highest BCUT2D eigenvalue weighted by molar-refractivity contribution is 5.87. The number of nitrogens with one attached hydrogen (secondary N) is 1. The molecule has 3 N–H and O–H groups in total. The average Bonchev–Trinajstić information content (AvgIpc) is 2.73. The molecule has 0 bridgehead atoms. The molecule has 2 atom stereocenters. The molecule has 0 saturated carbocycles. The van der Waals surface area contributed by atoms with E-state index in [4.69, 9.17) is 10.5 Å². The van der Waals surface area contributed by atoms with E-state index in [0.717, 1.165) is 6.42 Å². The van der Waals surface area contributed by atoms with Gasteiger partial charge in [0.25, 0.3) is 5.91 Å². The Hall–Kier alpha value is -1.14. The Bertz CT molecular complexity index is 339. The Morgan fingerprint density at radius 3 is 2.47 bits per heavy atom. The first-order valence-corrected chi connectivity index (χ1v) is 6.64. The number of nitrogens with two attached hydrogens (primary N) is 1. The zero-order valence-corrected chi connectivity index (χ0v) is 12.2. The second-order valence-corrected chi connectivity index (χ2v) is 6.05. The van der Waals surface area contributed by atoms with Crippen LogP contribution in [0.5, 0.6) is 0 Å². The van der Waals surface area contributed by atoms with Crippen molar-refractivity contribution >= 4 is 11.8 Å². The third-order valence-electron chi connectivity index (χ3n) is 2.92. The van der Waals surface area contributed by atoms with Crippen molar-refractivity contribution in [3.05, 3.63) is 0 Å². The van der Waals surface area contributed by atoms with E-state index in [9.17, 15) is 9.59 Å². The smallest absolute Gasteiger partial charge is 0.251 e. The number of rotatable bonds is 4. The van der Waals surface area contributed by atoms with Gasteiger partial charge < -0.3 is 20.7 Å². The average molecular weight is 271 g/mol. The van der Waals surface area contributed by atoms with Crippen LogP contribution in [-0.2, 0) is 14.3 Å². The molecule has 0 radical (unpaired) electrons. The molecular formula is C13H25N3O3. The summed E-state index contributed by atoms with van der Waals surface area (Å²) in [6.07, 6.45) is 0.979. The van der Waals surface area contributed by atoms with Gasteiger partial charge in [0.1, 0.15) is 6.10 Å². The third-order valence-corrected chi connectivity index (χ3v) is 2.92. The van der Waals surface area contributed by atoms with Gasteiger partial charge in [0, 0.05) is 19.1 Å². The van der Waals surface area contributed by atoms with Gasteiger partial charge in [-0.05, 0) is 33.6 Å². The number of amides is 2. The number of likely N-dealkylation sites (N-methyl/N-ethyl adjacent to an activating group) is 1. The van der Waals surface area contributed by atoms with Gasteiger partial charge in [0.15, 0.2) is 0 Å². The van der Waals surface area contributed by atoms with Gasteiger partial charge in [-0.25, -0.2) is 0 Å². The molecule has 2 amide bonds. The number of nitrogens with zero attached hydrogens (tertiary/aromatic N) is 1. The lowest BCUT2D eigenvalue weighted by Gasteiger charge is -2.24. The third kappa shape index (κ3) is 5.16. The highest BCUT2D eigenvalue weighted by atomic mass is 16.5. The van der Waals surface area contributed by atoms with E-state index in [-0.39, 0.29) is 30.0 Å². The van der Waals surface area contributed by atoms with Crippen molar-refractivity contribution in [2.24, 2.45) is 5.73 Å². The van der Waals surface area contributed by atoms with Crippen molar-refractivity contribution in [1.29, 1.82) is 0 Å². The van der Waals surface area contributed by atoms with Crippen molar-refractivity contribution in [3.63, 3.8) is 0 Å². The van der Waals surface area contributed by atoms with Crippen molar-refractivity contribution < 1.29 is 14.3 Å². The topological polar surface area (TPSA) is 84.7 Å². The van der Waals surface area contributed by atoms with Crippen LogP contribution >= 0.6 is 0 Å². The standard InChI is InChI=1S/C13H25N3O3/c1-13(2,3)15-11(17)8-16(4)12(18)10-6-5-9(7-14)19-10/h9-10H,5-8,14H2,1-4H3,(H,15,17)/t9-,10+/m1/s1. The molecule has 19 heavy (non-hydrogen) atoms. The molecule has 0 aromatic heterocycles. The summed E-state index contributed by atoms with van der Waals surface area (Å²) >= 11 is 0. The molecule has 6 nitrogen and oxygen atoms in total. The Balaban J connectivity index is 2.43. The maximum Gasteiger partial charge on any atom is 0.251 e. The Labute approximate surface area is 114 Å². The monoisotopic (exact) mass is 271 g/mol. The van der Waals surface area contributed by atoms with E-state index in [1.54, 1.807) is 7.05 Å². The van der Waals surface area contributed by atoms with Crippen LogP contribution in [0.4, 0.5) is 0 Å². The van der Waals surface area contributed by atoms with E-state index >= 15 is 0 Å². The van der Waals surface area contributed by atoms with Crippen molar-refractivity contribution in [2.75, 3.05) is 20.1 Å². The second kappa shape index (κ2) is 6.34. The number of carbonyl (C=O) groups is 2. The fraction of sp³-hybridized carbons (Fsp3) is 0.846. The van der Waals surface area contributed by atoms with Crippen molar-refractivity contribution in [2.45, 2.75) is 51.4 Å². The first-order chi connectivity index (χ1) is 8.73. The Kier molecular flexibility index (Phi) is 5.31. The SMILES string of the molecule is CN(CC(=O)NC(C)(C)C)C(=O)[C@@H]1CC[C@H](CN)O1. The fourth-order valence-electron chi connectivity index (χ4n) is 2.06. The Morgan fingerprint density at radius 1 is 1.37 bits per heavy atom. The minimum absolute atomic E-state index is 0.0363. The molecule has 1 fully saturated rings. The summed E-state index contributed by atoms with van der Waals surface area (Å²) in [7, 11) is 1.61. The second-order valence-electron chi connectivity index (χ2n) is 6.05. The summed E-state index contributed by atoms with van der Waals surface area (Å²) in [6, 6.07) is 0. The van der Waals surface area contributed by atoms with Crippen LogP contribution in [0, 0.1) is 0 Å². The summed E-state index contributed by atoms with van der Waals surface area (Å²) in [5.74, 6) is -0.322. The summed E-state index contributed by atoms with van der Waals surface area (Å²) in [4.78, 5) is 25.2. The summed E-state index contributed by atoms with van der Waals surface area (Å²) in [5, 5.41) is 2.82. The van der Waals surface area contributed by atoms with E-state index in [2.05, 4.69) is 5.32 Å². The zero-order valence-electron chi connectivity index (χ0n) is 12.2. The van der Waals surface area contributed by atoms with E-state index < -0.39 is 6.10 Å². The molecule has 0 unspecified atom stereocenters. The molecule has 1 rings (SSSR count). The zero-order chi connectivity index (χ0) is 14.6. The normalized spacial score (nSPS) is 23.2. The summed E-state index contributed by atoms with van der Waals surface area (Å²) in [6.45, 7) is 6.18. The summed E-state index contributed by atoms with van der Waals surface area (Å²) < 4.78 is 5.53. The van der Waals surface area contributed by atoms with Crippen LogP contribution in [-0.4, -0.2) is 54.6 Å². The predicted molar refractivity (Wildman–Crippen MR) is 72.5 cm³/mol. The maximum atomic E-state index is 12.1. The molecule has 0 aromatic rings. The van der Waals surface area contributed by atoms with E-state index in [0.29, 0.717) is 13.0 Å². The van der Waals surface area contributed by atoms with Gasteiger partial charge in [-0.1, -0.05) is 0 Å². The maximum absolute atomic E-state index is 12.1. The van der Waals surface area contributed by atoms with Gasteiger partial charge in [-0.2, -0.15) is 0 Å². The lowest BCUT2D eigenvalue weighted by molar-refractivity contribution is -0.144. The molecule has 0 aromatic carbocycles. The molecule has 1 heterocycles. The predicted octanol–water partition coefficient (Wildman–Crippen LogP) is -0.134. The van der Waals surface area contributed by atoms with E-state index in [1.807, 2.05) is 20.8 Å². The summed E-state index contributed by atoms with van der Waals surface area (Å²) in [5.41, 5.74) is 5.21. The molecule has 110 valence electrons. The van der Waals surface area contributed by atoms with Crippen molar-refractivity contribution in [1.82, 2.24) is 10.2 Å². The van der Waals surface area contributed by atoms with Crippen LogP contribution < -0.4 is 11.1 Å². The molecule has 6 heteroatoms. The molecule has 1 aliphatic rings. The van der Waals surface area contributed by atoms with E-state index in [1.165, 1.54) is 4.90 Å². The molecule has 0 spiro atoms. The van der Waals surface area contributed by atoms with Crippen LogP contribution in [0.2, 0.25) is 0 Å². The van der Waals surface area contributed by atoms with Gasteiger partial charge in [0.05, 0.1) is 12.6 Å². The minimum atomic E-state index is -0.457. The number of hydrogen-bond acceptors (Lipinski definition) is 4. The quantitative estimate of drug-likeness (QED) is 0.745. The highest BCUT2D eigenvalue weighted by Gasteiger charge is 2.32. The highest BCUT2D eigenvalue weighted by Crippen LogP contribution is 2.20. The van der Waals surface area contributed by atoms with Crippen LogP contribution in [0.15, 0.2) is 0 Å². The van der Waals surface area contributed by atoms with Gasteiger partial charge in [-0.3, -0.25) is 9.59 Å². The van der Waals surface area contributed by atoms with Crippen LogP contribution in [0.25, 0.3) is 0 Å². The van der Waals surface area contributed by atoms with Gasteiger partial charge >= 0.3 is 0 Å². The molecule has 1 aliphatic heterocycles. The van der Waals surface area contributed by atoms with Gasteiger partial charge in [0.2, 0.25) is 5.91 Å². The minimum Gasteiger partial charge on any atom is -0.364 e. The van der Waals surface area contributed by atoms with Crippen LogP contribution in [0.1, 0.15) is 33.6 Å². The number of carbonyl (C=O) groups excluding carboxylic acids is 2. The molecular weight excluding hydrogens is 246 g/mol. The van der Waals surface area contributed by atoms with Crippen LogP contribution in [0.3, 0.4) is 0 Å². The number of ether oxygens (including phenoxy) is 1. The lowest BCUT2D eigenvalue weighted by atomic mass is 10.1.